The maximum Gasteiger partial charge on any atom is 0.188 e. The molecule has 0 heterocycles. The molecule has 17 heavy (non-hydrogen) atoms. The predicted molar refractivity (Wildman–Crippen MR) is 63.2 cm³/mol. The van der Waals surface area contributed by atoms with Gasteiger partial charge in [-0.1, -0.05) is 30.4 Å². The highest BCUT2D eigenvalue weighted by molar-refractivity contribution is 7.92. The van der Waals surface area contributed by atoms with Crippen LogP contribution in [-0.4, -0.2) is 19.5 Å². The summed E-state index contributed by atoms with van der Waals surface area (Å²) in [7, 11) is -3.52. The van der Waals surface area contributed by atoms with Crippen LogP contribution in [0, 0.1) is 11.8 Å². The summed E-state index contributed by atoms with van der Waals surface area (Å²) < 4.78 is 24.8. The van der Waals surface area contributed by atoms with Crippen LogP contribution in [0.15, 0.2) is 47.4 Å². The van der Waals surface area contributed by atoms with E-state index >= 15 is 0 Å². The molecule has 0 aliphatic heterocycles. The first kappa shape index (κ1) is 10.7. The number of fused-ring (bicyclic) bond motifs is 2. The van der Waals surface area contributed by atoms with E-state index in [1.54, 1.807) is 30.3 Å². The summed E-state index contributed by atoms with van der Waals surface area (Å²) in [6.45, 7) is 0. The van der Waals surface area contributed by atoms with Gasteiger partial charge < -0.3 is 0 Å². The lowest BCUT2D eigenvalue weighted by molar-refractivity contribution is -0.119. The van der Waals surface area contributed by atoms with Crippen LogP contribution in [0.1, 0.15) is 6.42 Å². The third-order valence-electron chi connectivity index (χ3n) is 3.56. The van der Waals surface area contributed by atoms with E-state index < -0.39 is 15.1 Å². The number of carbonyl (C=O) groups excluding carboxylic acids is 1. The second-order valence-electron chi connectivity index (χ2n) is 4.57. The van der Waals surface area contributed by atoms with Crippen molar-refractivity contribution < 1.29 is 13.2 Å². The lowest BCUT2D eigenvalue weighted by Crippen LogP contribution is -2.33. The molecule has 0 N–H and O–H groups in total. The molecule has 0 radical (unpaired) electrons. The van der Waals surface area contributed by atoms with Crippen molar-refractivity contribution in [3.63, 3.8) is 0 Å². The van der Waals surface area contributed by atoms with Crippen LogP contribution in [0.4, 0.5) is 0 Å². The molecule has 1 aromatic rings. The zero-order valence-corrected chi connectivity index (χ0v) is 9.93. The van der Waals surface area contributed by atoms with Crippen molar-refractivity contribution in [3.05, 3.63) is 42.5 Å². The minimum atomic E-state index is -3.52. The van der Waals surface area contributed by atoms with Gasteiger partial charge in [0.1, 0.15) is 5.25 Å². The van der Waals surface area contributed by atoms with E-state index in [0.717, 1.165) is 0 Å². The number of sulfone groups is 1. The summed E-state index contributed by atoms with van der Waals surface area (Å²) in [4.78, 5) is 12.2. The van der Waals surface area contributed by atoms with Gasteiger partial charge in [0.2, 0.25) is 0 Å². The molecule has 2 aliphatic carbocycles. The van der Waals surface area contributed by atoms with Gasteiger partial charge >= 0.3 is 0 Å². The molecule has 0 aromatic heterocycles. The fraction of sp³-hybridized carbons (Fsp3) is 0.308. The minimum absolute atomic E-state index is 0.127. The van der Waals surface area contributed by atoms with E-state index in [0.29, 0.717) is 6.42 Å². The molecular weight excluding hydrogens is 236 g/mol. The predicted octanol–water partition coefficient (Wildman–Crippen LogP) is 1.60. The topological polar surface area (TPSA) is 51.2 Å². The third-order valence-corrected chi connectivity index (χ3v) is 5.74. The van der Waals surface area contributed by atoms with E-state index in [4.69, 9.17) is 0 Å². The van der Waals surface area contributed by atoms with Crippen molar-refractivity contribution >= 4 is 15.6 Å². The smallest absolute Gasteiger partial charge is 0.188 e. The molecule has 1 unspecified atom stereocenters. The van der Waals surface area contributed by atoms with Crippen LogP contribution in [0.3, 0.4) is 0 Å². The quantitative estimate of drug-likeness (QED) is 0.747. The van der Waals surface area contributed by atoms with Crippen LogP contribution in [0.2, 0.25) is 0 Å². The van der Waals surface area contributed by atoms with Crippen molar-refractivity contribution in [2.75, 3.05) is 0 Å². The van der Waals surface area contributed by atoms with Gasteiger partial charge in [-0.05, 0) is 18.6 Å². The van der Waals surface area contributed by atoms with Crippen LogP contribution >= 0.6 is 0 Å². The molecule has 1 aromatic carbocycles. The summed E-state index contributed by atoms with van der Waals surface area (Å²) in [5, 5.41) is -0.861. The van der Waals surface area contributed by atoms with Gasteiger partial charge in [-0.15, -0.1) is 0 Å². The molecule has 2 bridgehead atoms. The SMILES string of the molecule is O=C1C(S(=O)(=O)c2ccccc2)[C@@H]2C=C[C@H]1C2. The van der Waals surface area contributed by atoms with Crippen LogP contribution in [0.5, 0.6) is 0 Å². The normalized spacial score (nSPS) is 31.1. The number of benzene rings is 1. The Bertz CT molecular complexity index is 586. The van der Waals surface area contributed by atoms with Crippen LogP contribution in [0.25, 0.3) is 0 Å². The van der Waals surface area contributed by atoms with E-state index in [1.807, 2.05) is 12.2 Å². The summed E-state index contributed by atoms with van der Waals surface area (Å²) in [6, 6.07) is 8.24. The average molecular weight is 248 g/mol. The Morgan fingerprint density at radius 3 is 2.35 bits per heavy atom. The fourth-order valence-corrected chi connectivity index (χ4v) is 4.70. The Morgan fingerprint density at radius 1 is 1.06 bits per heavy atom. The highest BCUT2D eigenvalue weighted by atomic mass is 32.2. The molecule has 2 aliphatic rings. The maximum atomic E-state index is 12.4. The Balaban J connectivity index is 2.06. The van der Waals surface area contributed by atoms with Crippen molar-refractivity contribution in [2.45, 2.75) is 16.6 Å². The number of hydrogen-bond acceptors (Lipinski definition) is 3. The standard InChI is InChI=1S/C13H12O3S/c14-12-9-6-7-10(8-9)13(12)17(15,16)11-4-2-1-3-5-11/h1-7,9-10,13H,8H2/t9-,10+,13?/m0/s1. The summed E-state index contributed by atoms with van der Waals surface area (Å²) in [5.74, 6) is -0.442. The molecule has 3 nitrogen and oxygen atoms in total. The number of allylic oxidation sites excluding steroid dienone is 2. The van der Waals surface area contributed by atoms with Crippen molar-refractivity contribution in [1.29, 1.82) is 0 Å². The Hall–Kier alpha value is -1.42. The first-order chi connectivity index (χ1) is 8.10. The number of ketones is 1. The molecule has 0 amide bonds. The zero-order valence-electron chi connectivity index (χ0n) is 9.11. The van der Waals surface area contributed by atoms with Crippen molar-refractivity contribution in [3.8, 4) is 0 Å². The Labute approximate surface area is 100 Å². The van der Waals surface area contributed by atoms with Gasteiger partial charge in [-0.3, -0.25) is 4.79 Å². The molecule has 3 atom stereocenters. The van der Waals surface area contributed by atoms with Gasteiger partial charge in [-0.25, -0.2) is 8.42 Å². The number of carbonyl (C=O) groups is 1. The van der Waals surface area contributed by atoms with Gasteiger partial charge in [-0.2, -0.15) is 0 Å². The first-order valence-corrected chi connectivity index (χ1v) is 7.16. The highest BCUT2D eigenvalue weighted by Gasteiger charge is 2.50. The molecule has 0 spiro atoms. The van der Waals surface area contributed by atoms with E-state index in [2.05, 4.69) is 0 Å². The molecule has 1 fully saturated rings. The molecular formula is C13H12O3S. The molecule has 88 valence electrons. The third kappa shape index (κ3) is 1.47. The lowest BCUT2D eigenvalue weighted by Gasteiger charge is -2.17. The summed E-state index contributed by atoms with van der Waals surface area (Å²) in [6.07, 6.45) is 4.37. The largest absolute Gasteiger partial charge is 0.298 e. The number of Topliss-reactive ketones (excluding diaryl/α,β-unsaturated/α-hetero) is 1. The van der Waals surface area contributed by atoms with Gasteiger partial charge in [0.15, 0.2) is 15.6 Å². The molecule has 0 saturated heterocycles. The second-order valence-corrected chi connectivity index (χ2v) is 6.64. The number of hydrogen-bond donors (Lipinski definition) is 0. The fourth-order valence-electron chi connectivity index (χ4n) is 2.72. The molecule has 3 rings (SSSR count). The summed E-state index contributed by atoms with van der Waals surface area (Å²) >= 11 is 0. The first-order valence-electron chi connectivity index (χ1n) is 5.62. The Morgan fingerprint density at radius 2 is 1.76 bits per heavy atom. The lowest BCUT2D eigenvalue weighted by atomic mass is 10.1. The highest BCUT2D eigenvalue weighted by Crippen LogP contribution is 2.41. The minimum Gasteiger partial charge on any atom is -0.298 e. The van der Waals surface area contributed by atoms with E-state index in [9.17, 15) is 13.2 Å². The van der Waals surface area contributed by atoms with E-state index in [-0.39, 0.29) is 22.5 Å². The number of rotatable bonds is 2. The van der Waals surface area contributed by atoms with Gasteiger partial charge in [0.05, 0.1) is 4.90 Å². The zero-order chi connectivity index (χ0) is 12.0. The second kappa shape index (κ2) is 3.53. The van der Waals surface area contributed by atoms with E-state index in [1.165, 1.54) is 0 Å². The molecule has 1 saturated carbocycles. The van der Waals surface area contributed by atoms with Crippen LogP contribution in [-0.2, 0) is 14.6 Å². The average Bonchev–Trinajstić information content (AvgIpc) is 2.90. The van der Waals surface area contributed by atoms with Crippen molar-refractivity contribution in [1.82, 2.24) is 0 Å². The molecule has 4 heteroatoms. The van der Waals surface area contributed by atoms with Crippen LogP contribution < -0.4 is 0 Å². The monoisotopic (exact) mass is 248 g/mol. The maximum absolute atomic E-state index is 12.4. The van der Waals surface area contributed by atoms with Gasteiger partial charge in [0.25, 0.3) is 0 Å². The Kier molecular flexibility index (Phi) is 2.23. The summed E-state index contributed by atoms with van der Waals surface area (Å²) in [5.41, 5.74) is 0. The van der Waals surface area contributed by atoms with Crippen molar-refractivity contribution in [2.24, 2.45) is 11.8 Å². The van der Waals surface area contributed by atoms with Gasteiger partial charge in [0, 0.05) is 11.8 Å².